The van der Waals surface area contributed by atoms with Gasteiger partial charge >= 0.3 is 0 Å². The third kappa shape index (κ3) is 4.57. The predicted octanol–water partition coefficient (Wildman–Crippen LogP) is -0.326. The number of aromatic nitrogens is 4. The molecule has 9 nitrogen and oxygen atoms in total. The van der Waals surface area contributed by atoms with Gasteiger partial charge in [0.25, 0.3) is 5.91 Å². The molecule has 0 saturated heterocycles. The number of rotatable bonds is 7. The molecule has 0 bridgehead atoms. The van der Waals surface area contributed by atoms with Crippen LogP contribution in [-0.2, 0) is 10.0 Å². The van der Waals surface area contributed by atoms with Gasteiger partial charge in [-0.25, -0.2) is 12.7 Å². The average Bonchev–Trinajstić information content (AvgIpc) is 3.04. The third-order valence-corrected chi connectivity index (χ3v) is 4.56. The van der Waals surface area contributed by atoms with Crippen molar-refractivity contribution < 1.29 is 13.2 Å². The number of hydrogen-bond donors (Lipinski definition) is 1. The molecular weight excluding hydrogens is 320 g/mol. The van der Waals surface area contributed by atoms with Crippen LogP contribution in [0.15, 0.2) is 30.6 Å². The Morgan fingerprint density at radius 1 is 1.35 bits per heavy atom. The molecule has 0 aliphatic heterocycles. The summed E-state index contributed by atoms with van der Waals surface area (Å²) in [5, 5.41) is 13.7. The summed E-state index contributed by atoms with van der Waals surface area (Å²) in [4.78, 5) is 12.3. The number of hydrogen-bond acceptors (Lipinski definition) is 6. The monoisotopic (exact) mass is 338 g/mol. The summed E-state index contributed by atoms with van der Waals surface area (Å²) in [5.74, 6) is -0.266. The van der Waals surface area contributed by atoms with E-state index in [-0.39, 0.29) is 5.91 Å². The topological polar surface area (TPSA) is 110 Å². The summed E-state index contributed by atoms with van der Waals surface area (Å²) in [6.07, 6.45) is 3.07. The fraction of sp³-hybridized carbons (Fsp3) is 0.385. The van der Waals surface area contributed by atoms with Crippen molar-refractivity contribution in [3.05, 3.63) is 36.2 Å². The highest BCUT2D eigenvalue weighted by molar-refractivity contribution is 7.88. The number of tetrazole rings is 1. The zero-order valence-electron chi connectivity index (χ0n) is 12.9. The van der Waals surface area contributed by atoms with Gasteiger partial charge < -0.3 is 5.32 Å². The zero-order chi connectivity index (χ0) is 16.9. The van der Waals surface area contributed by atoms with Crippen LogP contribution in [0.1, 0.15) is 16.8 Å². The lowest BCUT2D eigenvalue weighted by Crippen LogP contribution is -2.31. The van der Waals surface area contributed by atoms with Gasteiger partial charge in [-0.05, 0) is 29.0 Å². The molecule has 0 spiro atoms. The van der Waals surface area contributed by atoms with Crippen LogP contribution in [0.4, 0.5) is 0 Å². The molecule has 0 radical (unpaired) electrons. The molecule has 124 valence electrons. The van der Waals surface area contributed by atoms with Crippen molar-refractivity contribution in [3.8, 4) is 5.69 Å². The first kappa shape index (κ1) is 17.0. The molecule has 0 fully saturated rings. The second-order valence-corrected chi connectivity index (χ2v) is 7.05. The van der Waals surface area contributed by atoms with E-state index < -0.39 is 10.0 Å². The SMILES string of the molecule is CN(CCCNC(=O)c1ccccc1-n1cnnn1)S(C)(=O)=O. The molecule has 2 rings (SSSR count). The highest BCUT2D eigenvalue weighted by atomic mass is 32.2. The van der Waals surface area contributed by atoms with E-state index in [4.69, 9.17) is 0 Å². The zero-order valence-corrected chi connectivity index (χ0v) is 13.7. The van der Waals surface area contributed by atoms with Crippen LogP contribution in [0.5, 0.6) is 0 Å². The molecule has 0 unspecified atom stereocenters. The number of benzene rings is 1. The molecule has 1 aromatic carbocycles. The van der Waals surface area contributed by atoms with Crippen LogP contribution >= 0.6 is 0 Å². The first-order valence-electron chi connectivity index (χ1n) is 6.91. The predicted molar refractivity (Wildman–Crippen MR) is 83.6 cm³/mol. The Morgan fingerprint density at radius 3 is 2.74 bits per heavy atom. The molecule has 2 aromatic rings. The van der Waals surface area contributed by atoms with Gasteiger partial charge in [0.05, 0.1) is 17.5 Å². The fourth-order valence-corrected chi connectivity index (χ4v) is 2.36. The summed E-state index contributed by atoms with van der Waals surface area (Å²) in [6, 6.07) is 6.95. The van der Waals surface area contributed by atoms with Gasteiger partial charge in [0.2, 0.25) is 10.0 Å². The van der Waals surface area contributed by atoms with Gasteiger partial charge in [0.1, 0.15) is 6.33 Å². The normalized spacial score (nSPS) is 11.6. The van der Waals surface area contributed by atoms with Gasteiger partial charge in [0, 0.05) is 20.1 Å². The Balaban J connectivity index is 1.95. The van der Waals surface area contributed by atoms with Gasteiger partial charge in [-0.1, -0.05) is 12.1 Å². The molecule has 1 N–H and O–H groups in total. The van der Waals surface area contributed by atoms with Gasteiger partial charge in [-0.15, -0.1) is 5.10 Å². The maximum absolute atomic E-state index is 12.3. The molecule has 0 saturated carbocycles. The Bertz CT molecular complexity index is 760. The Morgan fingerprint density at radius 2 is 2.09 bits per heavy atom. The van der Waals surface area contributed by atoms with Crippen LogP contribution < -0.4 is 5.32 Å². The Hall–Kier alpha value is -2.33. The van der Waals surface area contributed by atoms with Gasteiger partial charge in [-0.2, -0.15) is 4.68 Å². The van der Waals surface area contributed by atoms with E-state index in [9.17, 15) is 13.2 Å². The number of para-hydroxylation sites is 1. The quantitative estimate of drug-likeness (QED) is 0.693. The second-order valence-electron chi connectivity index (χ2n) is 4.97. The summed E-state index contributed by atoms with van der Waals surface area (Å²) in [6.45, 7) is 0.705. The van der Waals surface area contributed by atoms with Crippen molar-refractivity contribution in [1.82, 2.24) is 29.8 Å². The molecule has 10 heteroatoms. The molecule has 23 heavy (non-hydrogen) atoms. The van der Waals surface area contributed by atoms with Crippen molar-refractivity contribution in [2.75, 3.05) is 26.4 Å². The lowest BCUT2D eigenvalue weighted by molar-refractivity contribution is 0.0952. The minimum atomic E-state index is -3.20. The average molecular weight is 338 g/mol. The van der Waals surface area contributed by atoms with Gasteiger partial charge in [0.15, 0.2) is 0 Å². The van der Waals surface area contributed by atoms with E-state index in [0.717, 1.165) is 6.26 Å². The molecule has 1 aromatic heterocycles. The van der Waals surface area contributed by atoms with E-state index in [0.29, 0.717) is 30.8 Å². The molecular formula is C13H18N6O3S. The number of sulfonamides is 1. The summed E-state index contributed by atoms with van der Waals surface area (Å²) >= 11 is 0. The van der Waals surface area contributed by atoms with Crippen LogP contribution in [-0.4, -0.2) is 65.2 Å². The smallest absolute Gasteiger partial charge is 0.253 e. The largest absolute Gasteiger partial charge is 0.352 e. The molecule has 0 aliphatic rings. The minimum absolute atomic E-state index is 0.266. The van der Waals surface area contributed by atoms with E-state index in [1.165, 1.54) is 22.4 Å². The second kappa shape index (κ2) is 7.29. The van der Waals surface area contributed by atoms with E-state index >= 15 is 0 Å². The fourth-order valence-electron chi connectivity index (χ4n) is 1.90. The van der Waals surface area contributed by atoms with E-state index in [2.05, 4.69) is 20.8 Å². The summed E-state index contributed by atoms with van der Waals surface area (Å²) in [7, 11) is -1.69. The van der Waals surface area contributed by atoms with Crippen LogP contribution in [0.25, 0.3) is 5.69 Å². The van der Waals surface area contributed by atoms with Crippen LogP contribution in [0, 0.1) is 0 Å². The lowest BCUT2D eigenvalue weighted by Gasteiger charge is -2.14. The lowest BCUT2D eigenvalue weighted by atomic mass is 10.1. The number of amides is 1. The van der Waals surface area contributed by atoms with E-state index in [1.807, 2.05) is 0 Å². The van der Waals surface area contributed by atoms with Crippen molar-refractivity contribution in [2.45, 2.75) is 6.42 Å². The third-order valence-electron chi connectivity index (χ3n) is 3.25. The minimum Gasteiger partial charge on any atom is -0.352 e. The molecule has 0 aliphatic carbocycles. The van der Waals surface area contributed by atoms with E-state index in [1.54, 1.807) is 24.3 Å². The molecule has 1 heterocycles. The summed E-state index contributed by atoms with van der Waals surface area (Å²) in [5.41, 5.74) is 1.01. The number of carbonyl (C=O) groups is 1. The van der Waals surface area contributed by atoms with Gasteiger partial charge in [-0.3, -0.25) is 4.79 Å². The molecule has 0 atom stereocenters. The maximum Gasteiger partial charge on any atom is 0.253 e. The highest BCUT2D eigenvalue weighted by Gasteiger charge is 2.13. The van der Waals surface area contributed by atoms with Crippen molar-refractivity contribution in [3.63, 3.8) is 0 Å². The number of carbonyl (C=O) groups excluding carboxylic acids is 1. The van der Waals surface area contributed by atoms with Crippen LogP contribution in [0.2, 0.25) is 0 Å². The number of nitrogens with zero attached hydrogens (tertiary/aromatic N) is 5. The van der Waals surface area contributed by atoms with Crippen molar-refractivity contribution in [2.24, 2.45) is 0 Å². The number of nitrogens with one attached hydrogen (secondary N) is 1. The first-order valence-corrected chi connectivity index (χ1v) is 8.76. The maximum atomic E-state index is 12.3. The first-order chi connectivity index (χ1) is 10.9. The van der Waals surface area contributed by atoms with Crippen molar-refractivity contribution in [1.29, 1.82) is 0 Å². The molecule has 1 amide bonds. The standard InChI is InChI=1S/C13H18N6O3S/c1-18(23(2,21)22)9-5-8-14-13(20)11-6-3-4-7-12(11)19-10-15-16-17-19/h3-4,6-7,10H,5,8-9H2,1-2H3,(H,14,20). The Labute approximate surface area is 134 Å². The highest BCUT2D eigenvalue weighted by Crippen LogP contribution is 2.12. The van der Waals surface area contributed by atoms with Crippen molar-refractivity contribution >= 4 is 15.9 Å². The summed E-state index contributed by atoms with van der Waals surface area (Å²) < 4.78 is 25.2. The Kier molecular flexibility index (Phi) is 5.40. The van der Waals surface area contributed by atoms with Crippen LogP contribution in [0.3, 0.4) is 0 Å².